The minimum absolute atomic E-state index is 0.0181. The average Bonchev–Trinajstić information content (AvgIpc) is 2.91. The van der Waals surface area contributed by atoms with E-state index >= 15 is 0 Å². The van der Waals surface area contributed by atoms with Crippen molar-refractivity contribution in [3.05, 3.63) is 35.9 Å². The number of rotatable bonds is 7. The summed E-state index contributed by atoms with van der Waals surface area (Å²) >= 11 is 3.11. The molecule has 2 rings (SSSR count). The maximum Gasteiger partial charge on any atom is 0.226 e. The molecular weight excluding hydrogens is 302 g/mol. The van der Waals surface area contributed by atoms with Crippen molar-refractivity contribution in [3.8, 4) is 0 Å². The van der Waals surface area contributed by atoms with Crippen molar-refractivity contribution in [1.29, 1.82) is 0 Å². The third kappa shape index (κ3) is 5.85. The fourth-order valence-electron chi connectivity index (χ4n) is 1.64. The molecule has 0 saturated heterocycles. The number of aromatic nitrogens is 2. The normalized spacial score (nSPS) is 10.8. The van der Waals surface area contributed by atoms with Gasteiger partial charge in [0.1, 0.15) is 0 Å². The number of thioether (sulfide) groups is 1. The lowest BCUT2D eigenvalue weighted by Gasteiger charge is -2.01. The number of nitrogens with zero attached hydrogens (tertiary/aromatic N) is 2. The summed E-state index contributed by atoms with van der Waals surface area (Å²) in [6.07, 6.45) is 1.19. The van der Waals surface area contributed by atoms with Crippen molar-refractivity contribution >= 4 is 34.1 Å². The molecule has 0 spiro atoms. The third-order valence-corrected chi connectivity index (χ3v) is 5.08. The average molecular weight is 321 g/mol. The molecule has 0 saturated carbocycles. The Labute approximate surface area is 133 Å². The molecule has 0 aliphatic heterocycles. The number of aryl methyl sites for hydroxylation is 1. The Morgan fingerprint density at radius 3 is 2.76 bits per heavy atom. The molecule has 0 aliphatic carbocycles. The summed E-state index contributed by atoms with van der Waals surface area (Å²) < 4.78 is 0.905. The van der Waals surface area contributed by atoms with Crippen LogP contribution in [0.25, 0.3) is 0 Å². The van der Waals surface area contributed by atoms with Gasteiger partial charge in [-0.1, -0.05) is 67.3 Å². The molecule has 1 amide bonds. The highest BCUT2D eigenvalue weighted by Crippen LogP contribution is 2.26. The Morgan fingerprint density at radius 2 is 2.05 bits per heavy atom. The van der Waals surface area contributed by atoms with Crippen molar-refractivity contribution in [2.45, 2.75) is 31.0 Å². The van der Waals surface area contributed by atoms with Crippen LogP contribution in [0.4, 0.5) is 5.13 Å². The van der Waals surface area contributed by atoms with Crippen LogP contribution in [0.15, 0.2) is 34.7 Å². The van der Waals surface area contributed by atoms with E-state index in [-0.39, 0.29) is 5.91 Å². The molecule has 0 aliphatic rings. The van der Waals surface area contributed by atoms with Gasteiger partial charge in [-0.15, -0.1) is 10.2 Å². The van der Waals surface area contributed by atoms with E-state index in [1.807, 2.05) is 30.3 Å². The Bertz CT molecular complexity index is 569. The zero-order valence-electron chi connectivity index (χ0n) is 12.2. The number of hydrogen-bond acceptors (Lipinski definition) is 5. The number of nitrogens with one attached hydrogen (secondary N) is 1. The van der Waals surface area contributed by atoms with Gasteiger partial charge in [0.05, 0.1) is 0 Å². The maximum atomic E-state index is 11.9. The fraction of sp³-hybridized carbons (Fsp3) is 0.400. The van der Waals surface area contributed by atoms with Crippen LogP contribution in [0.5, 0.6) is 0 Å². The van der Waals surface area contributed by atoms with Crippen LogP contribution in [-0.4, -0.2) is 21.9 Å². The van der Waals surface area contributed by atoms with Gasteiger partial charge in [-0.25, -0.2) is 0 Å². The van der Waals surface area contributed by atoms with Crippen LogP contribution in [0.3, 0.4) is 0 Å². The maximum absolute atomic E-state index is 11.9. The van der Waals surface area contributed by atoms with Crippen LogP contribution in [0.1, 0.15) is 25.8 Å². The van der Waals surface area contributed by atoms with Gasteiger partial charge in [-0.05, 0) is 17.9 Å². The van der Waals surface area contributed by atoms with Crippen LogP contribution in [0.2, 0.25) is 0 Å². The number of benzene rings is 1. The van der Waals surface area contributed by atoms with E-state index in [0.717, 1.165) is 22.1 Å². The molecule has 0 radical (unpaired) electrons. The molecule has 0 unspecified atom stereocenters. The highest BCUT2D eigenvalue weighted by Gasteiger charge is 2.09. The zero-order chi connectivity index (χ0) is 15.1. The van der Waals surface area contributed by atoms with E-state index in [2.05, 4.69) is 29.4 Å². The number of carbonyl (C=O) groups excluding carboxylic acids is 1. The SMILES string of the molecule is CC(C)CSc1nnc(NC(=O)CCc2ccccc2)s1. The van der Waals surface area contributed by atoms with Crippen LogP contribution in [-0.2, 0) is 11.2 Å². The van der Waals surface area contributed by atoms with Crippen LogP contribution >= 0.6 is 23.1 Å². The number of anilines is 1. The molecule has 21 heavy (non-hydrogen) atoms. The summed E-state index contributed by atoms with van der Waals surface area (Å²) in [7, 11) is 0. The lowest BCUT2D eigenvalue weighted by Crippen LogP contribution is -2.12. The lowest BCUT2D eigenvalue weighted by molar-refractivity contribution is -0.116. The zero-order valence-corrected chi connectivity index (χ0v) is 13.8. The van der Waals surface area contributed by atoms with E-state index < -0.39 is 0 Å². The van der Waals surface area contributed by atoms with Gasteiger partial charge < -0.3 is 5.32 Å². The predicted molar refractivity (Wildman–Crippen MR) is 88.9 cm³/mol. The molecule has 1 heterocycles. The van der Waals surface area contributed by atoms with Gasteiger partial charge in [0.15, 0.2) is 4.34 Å². The van der Waals surface area contributed by atoms with Gasteiger partial charge in [-0.3, -0.25) is 4.79 Å². The minimum Gasteiger partial charge on any atom is -0.300 e. The standard InChI is InChI=1S/C15H19N3OS2/c1-11(2)10-20-15-18-17-14(21-15)16-13(19)9-8-12-6-4-3-5-7-12/h3-7,11H,8-10H2,1-2H3,(H,16,17,19). The van der Waals surface area contributed by atoms with Crippen molar-refractivity contribution in [2.24, 2.45) is 5.92 Å². The first kappa shape index (κ1) is 16.0. The summed E-state index contributed by atoms with van der Waals surface area (Å²) in [4.78, 5) is 11.9. The van der Waals surface area contributed by atoms with Crippen LogP contribution in [0, 0.1) is 5.92 Å². The lowest BCUT2D eigenvalue weighted by atomic mass is 10.1. The first-order chi connectivity index (χ1) is 10.1. The molecule has 1 aromatic carbocycles. The van der Waals surface area contributed by atoms with Gasteiger partial charge >= 0.3 is 0 Å². The number of amides is 1. The fourth-order valence-corrected chi connectivity index (χ4v) is 3.39. The molecule has 0 atom stereocenters. The molecule has 2 aromatic rings. The Morgan fingerprint density at radius 1 is 1.29 bits per heavy atom. The smallest absolute Gasteiger partial charge is 0.226 e. The molecule has 0 bridgehead atoms. The molecule has 1 aromatic heterocycles. The summed E-state index contributed by atoms with van der Waals surface area (Å²) in [5.74, 6) is 1.61. The Hall–Kier alpha value is -1.40. The van der Waals surface area contributed by atoms with E-state index in [0.29, 0.717) is 17.5 Å². The topological polar surface area (TPSA) is 54.9 Å². The third-order valence-electron chi connectivity index (χ3n) is 2.68. The van der Waals surface area contributed by atoms with E-state index in [1.54, 1.807) is 11.8 Å². The summed E-state index contributed by atoms with van der Waals surface area (Å²) in [6.45, 7) is 4.33. The quantitative estimate of drug-likeness (QED) is 0.621. The van der Waals surface area contributed by atoms with Gasteiger partial charge in [-0.2, -0.15) is 0 Å². The molecule has 0 fully saturated rings. The monoisotopic (exact) mass is 321 g/mol. The van der Waals surface area contributed by atoms with Crippen molar-refractivity contribution in [2.75, 3.05) is 11.1 Å². The summed E-state index contributed by atoms with van der Waals surface area (Å²) in [6, 6.07) is 9.99. The summed E-state index contributed by atoms with van der Waals surface area (Å²) in [5, 5.41) is 11.5. The molecular formula is C15H19N3OS2. The second-order valence-corrected chi connectivity index (χ2v) is 7.36. The summed E-state index contributed by atoms with van der Waals surface area (Å²) in [5.41, 5.74) is 1.16. The predicted octanol–water partition coefficient (Wildman–Crippen LogP) is 3.86. The highest BCUT2D eigenvalue weighted by molar-refractivity contribution is 8.01. The minimum atomic E-state index is -0.0181. The second-order valence-electron chi connectivity index (χ2n) is 5.11. The first-order valence-electron chi connectivity index (χ1n) is 6.93. The van der Waals surface area contributed by atoms with Crippen LogP contribution < -0.4 is 5.32 Å². The van der Waals surface area contributed by atoms with Gasteiger partial charge in [0.25, 0.3) is 0 Å². The van der Waals surface area contributed by atoms with Crippen molar-refractivity contribution in [3.63, 3.8) is 0 Å². The van der Waals surface area contributed by atoms with Gasteiger partial charge in [0, 0.05) is 12.2 Å². The Kier molecular flexibility index (Phi) is 6.20. The molecule has 112 valence electrons. The number of carbonyl (C=O) groups is 1. The van der Waals surface area contributed by atoms with Gasteiger partial charge in [0.2, 0.25) is 11.0 Å². The first-order valence-corrected chi connectivity index (χ1v) is 8.74. The van der Waals surface area contributed by atoms with Crippen molar-refractivity contribution in [1.82, 2.24) is 10.2 Å². The largest absolute Gasteiger partial charge is 0.300 e. The van der Waals surface area contributed by atoms with E-state index in [9.17, 15) is 4.79 Å². The Balaban J connectivity index is 1.77. The molecule has 4 nitrogen and oxygen atoms in total. The van der Waals surface area contributed by atoms with E-state index in [1.165, 1.54) is 11.3 Å². The second kappa shape index (κ2) is 8.14. The molecule has 1 N–H and O–H groups in total. The molecule has 6 heteroatoms. The van der Waals surface area contributed by atoms with E-state index in [4.69, 9.17) is 0 Å². The number of hydrogen-bond donors (Lipinski definition) is 1. The highest BCUT2D eigenvalue weighted by atomic mass is 32.2. The van der Waals surface area contributed by atoms with Crippen molar-refractivity contribution < 1.29 is 4.79 Å².